The Labute approximate surface area is 92.9 Å². The van der Waals surface area contributed by atoms with E-state index >= 15 is 0 Å². The zero-order chi connectivity index (χ0) is 11.5. The zero-order valence-corrected chi connectivity index (χ0v) is 10.5. The van der Waals surface area contributed by atoms with E-state index in [2.05, 4.69) is 45.0 Å². The standard InChI is InChI=1S/C12H23N3/c1-10(13-9-12(3,4)5)11(2)15-8-6-7-14-15/h6-8,10-11,13H,9H2,1-5H3/t10-,11-/m1/s1. The highest BCUT2D eigenvalue weighted by atomic mass is 15.3. The second-order valence-electron chi connectivity index (χ2n) is 5.46. The van der Waals surface area contributed by atoms with Crippen LogP contribution in [0.4, 0.5) is 0 Å². The molecule has 3 heteroatoms. The number of nitrogens with one attached hydrogen (secondary N) is 1. The molecule has 0 aliphatic rings. The van der Waals surface area contributed by atoms with Crippen LogP contribution in [0.3, 0.4) is 0 Å². The topological polar surface area (TPSA) is 29.9 Å². The fourth-order valence-electron chi connectivity index (χ4n) is 1.39. The van der Waals surface area contributed by atoms with Crippen molar-refractivity contribution in [1.82, 2.24) is 15.1 Å². The van der Waals surface area contributed by atoms with E-state index in [-0.39, 0.29) is 0 Å². The van der Waals surface area contributed by atoms with Gasteiger partial charge in [-0.15, -0.1) is 0 Å². The predicted octanol–water partition coefficient (Wildman–Crippen LogP) is 2.47. The maximum atomic E-state index is 4.26. The van der Waals surface area contributed by atoms with Gasteiger partial charge in [0.25, 0.3) is 0 Å². The van der Waals surface area contributed by atoms with E-state index in [4.69, 9.17) is 0 Å². The van der Waals surface area contributed by atoms with Gasteiger partial charge in [0.15, 0.2) is 0 Å². The Balaban J connectivity index is 2.44. The van der Waals surface area contributed by atoms with Crippen molar-refractivity contribution in [3.63, 3.8) is 0 Å². The first kappa shape index (κ1) is 12.2. The lowest BCUT2D eigenvalue weighted by molar-refractivity contribution is 0.306. The smallest absolute Gasteiger partial charge is 0.0641 e. The molecule has 0 saturated heterocycles. The van der Waals surface area contributed by atoms with Crippen LogP contribution < -0.4 is 5.32 Å². The highest BCUT2D eigenvalue weighted by Gasteiger charge is 2.17. The number of aromatic nitrogens is 2. The SMILES string of the molecule is C[C@H]([C@@H](C)NCC(C)(C)C)n1cccn1. The summed E-state index contributed by atoms with van der Waals surface area (Å²) in [5, 5.41) is 7.81. The van der Waals surface area contributed by atoms with Crippen LogP contribution in [-0.4, -0.2) is 22.4 Å². The van der Waals surface area contributed by atoms with E-state index in [1.165, 1.54) is 0 Å². The second-order valence-corrected chi connectivity index (χ2v) is 5.46. The highest BCUT2D eigenvalue weighted by molar-refractivity contribution is 4.84. The zero-order valence-electron chi connectivity index (χ0n) is 10.5. The summed E-state index contributed by atoms with van der Waals surface area (Å²) in [7, 11) is 0. The van der Waals surface area contributed by atoms with Gasteiger partial charge in [-0.1, -0.05) is 20.8 Å². The van der Waals surface area contributed by atoms with Gasteiger partial charge in [-0.05, 0) is 25.3 Å². The van der Waals surface area contributed by atoms with E-state index in [9.17, 15) is 0 Å². The van der Waals surface area contributed by atoms with Crippen molar-refractivity contribution >= 4 is 0 Å². The van der Waals surface area contributed by atoms with Crippen LogP contribution in [0.2, 0.25) is 0 Å². The van der Waals surface area contributed by atoms with Crippen molar-refractivity contribution in [3.8, 4) is 0 Å². The number of hydrogen-bond donors (Lipinski definition) is 1. The molecule has 3 nitrogen and oxygen atoms in total. The molecule has 0 unspecified atom stereocenters. The molecule has 0 bridgehead atoms. The third-order valence-electron chi connectivity index (χ3n) is 2.62. The van der Waals surface area contributed by atoms with Gasteiger partial charge in [0.05, 0.1) is 6.04 Å². The fraction of sp³-hybridized carbons (Fsp3) is 0.750. The molecule has 0 saturated carbocycles. The van der Waals surface area contributed by atoms with Crippen LogP contribution in [0.25, 0.3) is 0 Å². The average Bonchev–Trinajstić information content (AvgIpc) is 2.64. The van der Waals surface area contributed by atoms with Crippen LogP contribution >= 0.6 is 0 Å². The molecule has 2 atom stereocenters. The average molecular weight is 209 g/mol. The fourth-order valence-corrected chi connectivity index (χ4v) is 1.39. The van der Waals surface area contributed by atoms with Crippen molar-refractivity contribution in [2.75, 3.05) is 6.54 Å². The molecule has 1 rings (SSSR count). The van der Waals surface area contributed by atoms with Gasteiger partial charge < -0.3 is 5.32 Å². The summed E-state index contributed by atoms with van der Waals surface area (Å²) in [4.78, 5) is 0. The number of nitrogens with zero attached hydrogens (tertiary/aromatic N) is 2. The molecule has 1 aromatic rings. The van der Waals surface area contributed by atoms with Gasteiger partial charge in [0.2, 0.25) is 0 Å². The van der Waals surface area contributed by atoms with Gasteiger partial charge in [-0.25, -0.2) is 0 Å². The summed E-state index contributed by atoms with van der Waals surface area (Å²) in [6, 6.07) is 2.79. The Hall–Kier alpha value is -0.830. The molecule has 0 radical (unpaired) electrons. The van der Waals surface area contributed by atoms with Crippen molar-refractivity contribution in [2.24, 2.45) is 5.41 Å². The normalized spacial score (nSPS) is 16.3. The summed E-state index contributed by atoms with van der Waals surface area (Å²) < 4.78 is 2.00. The maximum absolute atomic E-state index is 4.26. The Morgan fingerprint density at radius 2 is 2.00 bits per heavy atom. The molecule has 1 N–H and O–H groups in total. The second kappa shape index (κ2) is 4.79. The van der Waals surface area contributed by atoms with E-state index < -0.39 is 0 Å². The van der Waals surface area contributed by atoms with E-state index in [0.29, 0.717) is 17.5 Å². The summed E-state index contributed by atoms with van der Waals surface area (Å²) >= 11 is 0. The summed E-state index contributed by atoms with van der Waals surface area (Å²) in [6.45, 7) is 12.1. The quantitative estimate of drug-likeness (QED) is 0.825. The Bertz CT molecular complexity index is 272. The van der Waals surface area contributed by atoms with Crippen molar-refractivity contribution < 1.29 is 0 Å². The largest absolute Gasteiger partial charge is 0.312 e. The lowest BCUT2D eigenvalue weighted by atomic mass is 9.96. The molecule has 86 valence electrons. The molecule has 0 aliphatic heterocycles. The third-order valence-corrected chi connectivity index (χ3v) is 2.62. The van der Waals surface area contributed by atoms with Gasteiger partial charge in [-0.2, -0.15) is 5.10 Å². The van der Waals surface area contributed by atoms with Gasteiger partial charge in [0.1, 0.15) is 0 Å². The molecule has 15 heavy (non-hydrogen) atoms. The lowest BCUT2D eigenvalue weighted by Crippen LogP contribution is -2.38. The molecule has 0 amide bonds. The summed E-state index contributed by atoms with van der Waals surface area (Å²) in [5.41, 5.74) is 0.331. The molecule has 0 fully saturated rings. The predicted molar refractivity (Wildman–Crippen MR) is 63.9 cm³/mol. The first-order valence-electron chi connectivity index (χ1n) is 5.63. The minimum absolute atomic E-state index is 0.331. The lowest BCUT2D eigenvalue weighted by Gasteiger charge is -2.26. The van der Waals surface area contributed by atoms with Gasteiger partial charge in [0, 0.05) is 25.0 Å². The van der Waals surface area contributed by atoms with E-state index in [1.807, 2.05) is 23.1 Å². The van der Waals surface area contributed by atoms with Gasteiger partial charge >= 0.3 is 0 Å². The number of rotatable bonds is 4. The minimum Gasteiger partial charge on any atom is -0.312 e. The van der Waals surface area contributed by atoms with Crippen molar-refractivity contribution in [1.29, 1.82) is 0 Å². The Kier molecular flexibility index (Phi) is 3.91. The summed E-state index contributed by atoms with van der Waals surface area (Å²) in [6.07, 6.45) is 3.84. The van der Waals surface area contributed by atoms with Crippen molar-refractivity contribution in [2.45, 2.75) is 46.7 Å². The van der Waals surface area contributed by atoms with Crippen LogP contribution in [0, 0.1) is 5.41 Å². The first-order chi connectivity index (χ1) is 6.90. The van der Waals surface area contributed by atoms with Gasteiger partial charge in [-0.3, -0.25) is 4.68 Å². The Morgan fingerprint density at radius 1 is 1.33 bits per heavy atom. The third kappa shape index (κ3) is 4.04. The highest BCUT2D eigenvalue weighted by Crippen LogP contribution is 2.14. The van der Waals surface area contributed by atoms with Crippen LogP contribution in [-0.2, 0) is 0 Å². The van der Waals surface area contributed by atoms with Crippen LogP contribution in [0.1, 0.15) is 40.7 Å². The van der Waals surface area contributed by atoms with E-state index in [0.717, 1.165) is 6.54 Å². The first-order valence-corrected chi connectivity index (χ1v) is 5.63. The Morgan fingerprint density at radius 3 is 2.47 bits per heavy atom. The molecule has 1 aromatic heterocycles. The van der Waals surface area contributed by atoms with Crippen LogP contribution in [0.15, 0.2) is 18.5 Å². The molecule has 0 spiro atoms. The summed E-state index contributed by atoms with van der Waals surface area (Å²) in [5.74, 6) is 0. The molecular formula is C12H23N3. The van der Waals surface area contributed by atoms with Crippen LogP contribution in [0.5, 0.6) is 0 Å². The van der Waals surface area contributed by atoms with E-state index in [1.54, 1.807) is 0 Å². The molecule has 0 aromatic carbocycles. The maximum Gasteiger partial charge on any atom is 0.0641 e. The number of hydrogen-bond acceptors (Lipinski definition) is 2. The monoisotopic (exact) mass is 209 g/mol. The van der Waals surface area contributed by atoms with Crippen molar-refractivity contribution in [3.05, 3.63) is 18.5 Å². The molecular weight excluding hydrogens is 186 g/mol. The molecule has 0 aliphatic carbocycles. The minimum atomic E-state index is 0.331. The molecule has 1 heterocycles.